The van der Waals surface area contributed by atoms with Crippen molar-refractivity contribution in [2.45, 2.75) is 13.3 Å². The molecule has 3 heterocycles. The molecular weight excluding hydrogens is 397 g/mol. The van der Waals surface area contributed by atoms with Gasteiger partial charge in [-0.25, -0.2) is 9.37 Å². The molecule has 1 aliphatic heterocycles. The van der Waals surface area contributed by atoms with Crippen LogP contribution >= 0.6 is 0 Å². The van der Waals surface area contributed by atoms with E-state index in [9.17, 15) is 9.18 Å². The summed E-state index contributed by atoms with van der Waals surface area (Å²) in [5.41, 5.74) is 15.0. The number of nitrogens with two attached hydrogens (primary N) is 1. The van der Waals surface area contributed by atoms with Crippen LogP contribution in [0.5, 0.6) is 0 Å². The number of aromatic nitrogens is 2. The van der Waals surface area contributed by atoms with Crippen molar-refractivity contribution < 1.29 is 9.18 Å². The Kier molecular flexibility index (Phi) is 4.48. The number of allylic oxidation sites excluding steroid dienone is 1. The summed E-state index contributed by atoms with van der Waals surface area (Å²) in [5.74, 6) is -0.141. The molecule has 31 heavy (non-hydrogen) atoms. The Morgan fingerprint density at radius 2 is 2.16 bits per heavy atom. The fourth-order valence-electron chi connectivity index (χ4n) is 3.97. The zero-order valence-electron chi connectivity index (χ0n) is 17.1. The third kappa shape index (κ3) is 3.42. The van der Waals surface area contributed by atoms with Gasteiger partial charge in [-0.2, -0.15) is 0 Å². The average molecular weight is 419 g/mol. The quantitative estimate of drug-likeness (QED) is 0.482. The van der Waals surface area contributed by atoms with E-state index in [1.54, 1.807) is 29.5 Å². The molecule has 2 aromatic heterocycles. The molecule has 1 aliphatic carbocycles. The third-order valence-electron chi connectivity index (χ3n) is 5.82. The van der Waals surface area contributed by atoms with Crippen molar-refractivity contribution in [3.63, 3.8) is 0 Å². The SMILES string of the molecule is Cc1ccncc1-c1cc2cc(NC(=O)[C@@H]3C[C@H]3C3=CN(C)NN3)ncc2c(N)c1F. The second-order valence-electron chi connectivity index (χ2n) is 8.00. The number of hydrogen-bond acceptors (Lipinski definition) is 7. The second-order valence-corrected chi connectivity index (χ2v) is 8.00. The summed E-state index contributed by atoms with van der Waals surface area (Å²) in [6, 6.07) is 5.26. The highest BCUT2D eigenvalue weighted by atomic mass is 19.1. The minimum Gasteiger partial charge on any atom is -0.396 e. The zero-order valence-corrected chi connectivity index (χ0v) is 17.1. The number of anilines is 2. The number of amides is 1. The van der Waals surface area contributed by atoms with E-state index in [1.165, 1.54) is 6.20 Å². The van der Waals surface area contributed by atoms with Crippen LogP contribution in [0.15, 0.2) is 48.7 Å². The van der Waals surface area contributed by atoms with Gasteiger partial charge in [0.25, 0.3) is 0 Å². The van der Waals surface area contributed by atoms with Crippen molar-refractivity contribution in [1.82, 2.24) is 25.9 Å². The van der Waals surface area contributed by atoms with Crippen molar-refractivity contribution in [2.24, 2.45) is 11.8 Å². The number of nitrogens with zero attached hydrogens (tertiary/aromatic N) is 3. The van der Waals surface area contributed by atoms with Gasteiger partial charge in [0.1, 0.15) is 5.82 Å². The largest absolute Gasteiger partial charge is 0.396 e. The Bertz CT molecular complexity index is 1240. The van der Waals surface area contributed by atoms with Gasteiger partial charge in [0.15, 0.2) is 5.82 Å². The lowest BCUT2D eigenvalue weighted by atomic mass is 9.98. The van der Waals surface area contributed by atoms with Gasteiger partial charge in [-0.3, -0.25) is 14.8 Å². The van der Waals surface area contributed by atoms with E-state index < -0.39 is 5.82 Å². The molecule has 0 bridgehead atoms. The van der Waals surface area contributed by atoms with Crippen molar-refractivity contribution in [3.8, 4) is 11.1 Å². The minimum absolute atomic E-state index is 0.0271. The molecule has 0 spiro atoms. The summed E-state index contributed by atoms with van der Waals surface area (Å²) in [6.07, 6.45) is 7.48. The second kappa shape index (κ2) is 7.21. The van der Waals surface area contributed by atoms with E-state index in [4.69, 9.17) is 5.73 Å². The normalized spacial score (nSPS) is 19.8. The lowest BCUT2D eigenvalue weighted by Crippen LogP contribution is -2.33. The van der Waals surface area contributed by atoms with Gasteiger partial charge < -0.3 is 16.5 Å². The fraction of sp³-hybridized carbons (Fsp3) is 0.227. The molecule has 1 aromatic carbocycles. The molecule has 8 nitrogen and oxygen atoms in total. The van der Waals surface area contributed by atoms with Gasteiger partial charge >= 0.3 is 0 Å². The van der Waals surface area contributed by atoms with Gasteiger partial charge in [0.05, 0.1) is 5.69 Å². The first kappa shape index (κ1) is 19.3. The number of carbonyl (C=O) groups excluding carboxylic acids is 1. The fourth-order valence-corrected chi connectivity index (χ4v) is 3.97. The Hall–Kier alpha value is -3.72. The molecule has 1 amide bonds. The first-order valence-corrected chi connectivity index (χ1v) is 9.98. The van der Waals surface area contributed by atoms with Crippen molar-refractivity contribution in [1.29, 1.82) is 0 Å². The molecule has 2 atom stereocenters. The maximum atomic E-state index is 15.0. The van der Waals surface area contributed by atoms with Gasteiger partial charge in [0.2, 0.25) is 5.91 Å². The van der Waals surface area contributed by atoms with Crippen molar-refractivity contribution in [2.75, 3.05) is 18.1 Å². The number of aryl methyl sites for hydroxylation is 1. The molecule has 5 rings (SSSR count). The number of nitrogens with one attached hydrogen (secondary N) is 3. The smallest absolute Gasteiger partial charge is 0.229 e. The van der Waals surface area contributed by atoms with Crippen LogP contribution in [-0.2, 0) is 4.79 Å². The summed E-state index contributed by atoms with van der Waals surface area (Å²) in [4.78, 5) is 21.1. The summed E-state index contributed by atoms with van der Waals surface area (Å²) in [7, 11) is 1.88. The highest BCUT2D eigenvalue weighted by Gasteiger charge is 2.46. The Morgan fingerprint density at radius 3 is 2.90 bits per heavy atom. The van der Waals surface area contributed by atoms with Crippen LogP contribution in [0, 0.1) is 24.6 Å². The molecule has 0 unspecified atom stereocenters. The topological polar surface area (TPSA) is 108 Å². The molecule has 158 valence electrons. The molecular formula is C22H22FN7O. The van der Waals surface area contributed by atoms with E-state index in [2.05, 4.69) is 26.2 Å². The highest BCUT2D eigenvalue weighted by molar-refractivity contribution is 6.00. The average Bonchev–Trinajstić information content (AvgIpc) is 3.45. The van der Waals surface area contributed by atoms with Crippen LogP contribution in [0.25, 0.3) is 21.9 Å². The molecule has 9 heteroatoms. The van der Waals surface area contributed by atoms with Crippen LogP contribution in [0.1, 0.15) is 12.0 Å². The molecule has 1 saturated carbocycles. The third-order valence-corrected chi connectivity index (χ3v) is 5.82. The van der Waals surface area contributed by atoms with E-state index in [-0.39, 0.29) is 23.4 Å². The number of rotatable bonds is 4. The lowest BCUT2D eigenvalue weighted by Gasteiger charge is -2.12. The number of benzene rings is 1. The molecule has 0 radical (unpaired) electrons. The first-order valence-electron chi connectivity index (χ1n) is 9.98. The first-order chi connectivity index (χ1) is 14.9. The van der Waals surface area contributed by atoms with E-state index in [0.29, 0.717) is 27.7 Å². The van der Waals surface area contributed by atoms with Crippen LogP contribution < -0.4 is 22.0 Å². The van der Waals surface area contributed by atoms with Gasteiger partial charge in [-0.05, 0) is 42.5 Å². The number of fused-ring (bicyclic) bond motifs is 1. The maximum absolute atomic E-state index is 15.0. The van der Waals surface area contributed by atoms with Gasteiger partial charge in [0, 0.05) is 65.9 Å². The summed E-state index contributed by atoms with van der Waals surface area (Å²) >= 11 is 0. The number of nitrogen functional groups attached to an aromatic ring is 1. The minimum atomic E-state index is -0.501. The zero-order chi connectivity index (χ0) is 21.7. The van der Waals surface area contributed by atoms with E-state index >= 15 is 0 Å². The molecule has 5 N–H and O–H groups in total. The standard InChI is InChI=1S/C22H22FN7O/c1-11-3-4-25-8-16(11)14-5-12-6-19(26-9-17(12)21(24)20(14)23)27-22(31)15-7-13(15)18-10-30(2)29-28-18/h3-6,8-10,13,15,28-29H,7,24H2,1-2H3,(H,26,27,31)/t13-,15-/m1/s1. The summed E-state index contributed by atoms with van der Waals surface area (Å²) < 4.78 is 15.0. The maximum Gasteiger partial charge on any atom is 0.229 e. The van der Waals surface area contributed by atoms with E-state index in [0.717, 1.165) is 17.7 Å². The number of hydrazine groups is 2. The Morgan fingerprint density at radius 1 is 1.32 bits per heavy atom. The van der Waals surface area contributed by atoms with Crippen LogP contribution in [0.4, 0.5) is 15.9 Å². The van der Waals surface area contributed by atoms with Crippen LogP contribution in [0.2, 0.25) is 0 Å². The highest BCUT2D eigenvalue weighted by Crippen LogP contribution is 2.44. The summed E-state index contributed by atoms with van der Waals surface area (Å²) in [5, 5.41) is 5.88. The van der Waals surface area contributed by atoms with Crippen LogP contribution in [-0.4, -0.2) is 27.9 Å². The summed E-state index contributed by atoms with van der Waals surface area (Å²) in [6.45, 7) is 1.89. The van der Waals surface area contributed by atoms with Gasteiger partial charge in [-0.15, -0.1) is 5.53 Å². The molecule has 3 aromatic rings. The predicted molar refractivity (Wildman–Crippen MR) is 116 cm³/mol. The molecule has 0 saturated heterocycles. The molecule has 2 aliphatic rings. The van der Waals surface area contributed by atoms with Gasteiger partial charge in [-0.1, -0.05) is 0 Å². The lowest BCUT2D eigenvalue weighted by molar-refractivity contribution is -0.117. The number of carbonyl (C=O) groups is 1. The monoisotopic (exact) mass is 419 g/mol. The van der Waals surface area contributed by atoms with E-state index in [1.807, 2.05) is 26.2 Å². The predicted octanol–water partition coefficient (Wildman–Crippen LogP) is 2.70. The molecule has 1 fully saturated rings. The number of pyridine rings is 2. The number of halogens is 1. The Labute approximate surface area is 178 Å². The van der Waals surface area contributed by atoms with Crippen molar-refractivity contribution >= 4 is 28.2 Å². The van der Waals surface area contributed by atoms with Crippen molar-refractivity contribution in [3.05, 3.63) is 60.1 Å². The Balaban J connectivity index is 1.42. The van der Waals surface area contributed by atoms with Crippen LogP contribution in [0.3, 0.4) is 0 Å². The number of hydrogen-bond donors (Lipinski definition) is 4.